The predicted octanol–water partition coefficient (Wildman–Crippen LogP) is 1.72. The van der Waals surface area contributed by atoms with Crippen LogP contribution < -0.4 is 0 Å². The maximum atomic E-state index is 12.5. The summed E-state index contributed by atoms with van der Waals surface area (Å²) in [6.45, 7) is 4.84. The average molecular weight is 136 g/mol. The van der Waals surface area contributed by atoms with Crippen molar-refractivity contribution in [3.63, 3.8) is 0 Å². The first-order valence-corrected chi connectivity index (χ1v) is 2.76. The lowest BCUT2D eigenvalue weighted by Crippen LogP contribution is -1.95. The number of hydrogen-bond acceptors (Lipinski definition) is 1. The van der Waals surface area contributed by atoms with E-state index in [2.05, 4.69) is 0 Å². The van der Waals surface area contributed by atoms with E-state index in [-0.39, 0.29) is 5.56 Å². The van der Waals surface area contributed by atoms with Gasteiger partial charge in [-0.25, -0.2) is 4.39 Å². The van der Waals surface area contributed by atoms with Gasteiger partial charge in [-0.2, -0.15) is 0 Å². The van der Waals surface area contributed by atoms with Gasteiger partial charge >= 0.3 is 0 Å². The molecule has 0 N–H and O–H groups in total. The van der Waals surface area contributed by atoms with Crippen molar-refractivity contribution < 1.29 is 9.18 Å². The molecule has 50 valence electrons. The van der Waals surface area contributed by atoms with E-state index < -0.39 is 11.6 Å². The van der Waals surface area contributed by atoms with Crippen LogP contribution in [0.15, 0.2) is 24.3 Å². The van der Waals surface area contributed by atoms with Crippen molar-refractivity contribution in [3.05, 3.63) is 42.6 Å². The topological polar surface area (TPSA) is 17.1 Å². The standard InChI is InChI=1S/C8H5FO/c1-6(10)7-4-2-3-5-8(7)9/h1-5H. The summed E-state index contributed by atoms with van der Waals surface area (Å²) in [4.78, 5) is 10.4. The third kappa shape index (κ3) is 1.21. The first-order valence-electron chi connectivity index (χ1n) is 2.76. The Morgan fingerprint density at radius 3 is 2.40 bits per heavy atom. The molecule has 0 saturated heterocycles. The number of benzene rings is 1. The molecule has 0 heterocycles. The van der Waals surface area contributed by atoms with Crippen LogP contribution in [0.1, 0.15) is 10.4 Å². The first kappa shape index (κ1) is 6.93. The van der Waals surface area contributed by atoms with Gasteiger partial charge in [-0.05, 0) is 12.1 Å². The summed E-state index contributed by atoms with van der Waals surface area (Å²) in [6, 6.07) is 5.60. The van der Waals surface area contributed by atoms with E-state index in [4.69, 9.17) is 6.92 Å². The minimum absolute atomic E-state index is 0.0671. The van der Waals surface area contributed by atoms with E-state index >= 15 is 0 Å². The number of ketones is 1. The van der Waals surface area contributed by atoms with Gasteiger partial charge in [0.05, 0.1) is 5.56 Å². The van der Waals surface area contributed by atoms with Crippen LogP contribution in [0.2, 0.25) is 0 Å². The Balaban J connectivity index is 3.15. The summed E-state index contributed by atoms with van der Waals surface area (Å²) >= 11 is 0. The van der Waals surface area contributed by atoms with Crippen molar-refractivity contribution in [1.29, 1.82) is 0 Å². The molecule has 0 fully saturated rings. The molecule has 0 aliphatic heterocycles. The highest BCUT2D eigenvalue weighted by Crippen LogP contribution is 2.05. The van der Waals surface area contributed by atoms with Gasteiger partial charge in [0.2, 0.25) is 0 Å². The minimum Gasteiger partial charge on any atom is -0.294 e. The van der Waals surface area contributed by atoms with Crippen molar-refractivity contribution in [2.45, 2.75) is 0 Å². The van der Waals surface area contributed by atoms with Gasteiger partial charge in [0.25, 0.3) is 0 Å². The highest BCUT2D eigenvalue weighted by atomic mass is 19.1. The quantitative estimate of drug-likeness (QED) is 0.537. The average Bonchev–Trinajstić information content (AvgIpc) is 1.88. The Hall–Kier alpha value is -1.18. The summed E-state index contributed by atoms with van der Waals surface area (Å²) in [7, 11) is 0. The fourth-order valence-corrected chi connectivity index (χ4v) is 0.661. The van der Waals surface area contributed by atoms with Crippen molar-refractivity contribution in [1.82, 2.24) is 0 Å². The third-order valence-electron chi connectivity index (χ3n) is 1.14. The van der Waals surface area contributed by atoms with Crippen LogP contribution in [0.5, 0.6) is 0 Å². The van der Waals surface area contributed by atoms with Gasteiger partial charge in [0, 0.05) is 6.92 Å². The largest absolute Gasteiger partial charge is 0.294 e. The lowest BCUT2D eigenvalue weighted by molar-refractivity contribution is 0.104. The number of halogens is 1. The normalized spacial score (nSPS) is 9.40. The summed E-state index contributed by atoms with van der Waals surface area (Å²) < 4.78 is 12.5. The maximum absolute atomic E-state index is 12.5. The molecule has 0 bridgehead atoms. The zero-order valence-electron chi connectivity index (χ0n) is 5.17. The van der Waals surface area contributed by atoms with E-state index in [1.54, 1.807) is 6.07 Å². The number of Topliss-reactive ketones (excluding diaryl/α,β-unsaturated/α-hetero) is 1. The van der Waals surface area contributed by atoms with Gasteiger partial charge in [-0.3, -0.25) is 4.79 Å². The highest BCUT2D eigenvalue weighted by molar-refractivity contribution is 5.99. The Morgan fingerprint density at radius 1 is 1.40 bits per heavy atom. The SMILES string of the molecule is [CH]C(=O)c1ccccc1F. The third-order valence-corrected chi connectivity index (χ3v) is 1.14. The van der Waals surface area contributed by atoms with Crippen LogP contribution in [0.3, 0.4) is 0 Å². The van der Waals surface area contributed by atoms with Crippen LogP contribution in [-0.4, -0.2) is 5.78 Å². The number of rotatable bonds is 1. The predicted molar refractivity (Wildman–Crippen MR) is 35.0 cm³/mol. The molecule has 0 atom stereocenters. The fraction of sp³-hybridized carbons (Fsp3) is 0. The lowest BCUT2D eigenvalue weighted by atomic mass is 10.1. The van der Waals surface area contributed by atoms with Crippen molar-refractivity contribution >= 4 is 5.78 Å². The minimum atomic E-state index is -0.738. The molecule has 0 aromatic heterocycles. The molecule has 0 aliphatic rings. The maximum Gasteiger partial charge on any atom is 0.170 e. The van der Waals surface area contributed by atoms with E-state index in [9.17, 15) is 9.18 Å². The molecular weight excluding hydrogens is 131 g/mol. The molecule has 0 spiro atoms. The number of hydrogen-bond donors (Lipinski definition) is 0. The van der Waals surface area contributed by atoms with E-state index in [0.29, 0.717) is 0 Å². The van der Waals surface area contributed by atoms with Crippen LogP contribution in [0.25, 0.3) is 0 Å². The summed E-state index contributed by atoms with van der Waals surface area (Å²) in [5.74, 6) is -1.31. The molecule has 1 aromatic rings. The molecule has 0 unspecified atom stereocenters. The molecule has 10 heavy (non-hydrogen) atoms. The summed E-state index contributed by atoms with van der Waals surface area (Å²) in [6.07, 6.45) is 0. The van der Waals surface area contributed by atoms with Gasteiger partial charge in [0.1, 0.15) is 5.82 Å². The Labute approximate surface area is 58.5 Å². The Bertz CT molecular complexity index is 255. The summed E-state index contributed by atoms with van der Waals surface area (Å²) in [5, 5.41) is 0. The van der Waals surface area contributed by atoms with Crippen LogP contribution in [0.4, 0.5) is 4.39 Å². The van der Waals surface area contributed by atoms with E-state index in [1.165, 1.54) is 18.2 Å². The molecule has 0 amide bonds. The van der Waals surface area contributed by atoms with Gasteiger partial charge in [-0.15, -0.1) is 0 Å². The molecule has 2 radical (unpaired) electrons. The van der Waals surface area contributed by atoms with Crippen molar-refractivity contribution in [3.8, 4) is 0 Å². The zero-order valence-corrected chi connectivity index (χ0v) is 5.17. The Kier molecular flexibility index (Phi) is 1.81. The second-order valence-electron chi connectivity index (χ2n) is 1.84. The molecule has 1 aromatic carbocycles. The summed E-state index contributed by atoms with van der Waals surface area (Å²) in [5.41, 5.74) is -0.0671. The van der Waals surface area contributed by atoms with Crippen molar-refractivity contribution in [2.24, 2.45) is 0 Å². The van der Waals surface area contributed by atoms with Gasteiger partial charge in [-0.1, -0.05) is 12.1 Å². The molecular formula is C8H5FO. The number of carbonyl (C=O) groups excluding carboxylic acids is 1. The van der Waals surface area contributed by atoms with Crippen LogP contribution >= 0.6 is 0 Å². The van der Waals surface area contributed by atoms with Crippen LogP contribution in [-0.2, 0) is 0 Å². The fourth-order valence-electron chi connectivity index (χ4n) is 0.661. The number of carbonyl (C=O) groups is 1. The second-order valence-corrected chi connectivity index (χ2v) is 1.84. The molecule has 1 nitrogen and oxygen atoms in total. The molecule has 0 saturated carbocycles. The van der Waals surface area contributed by atoms with E-state index in [1.807, 2.05) is 0 Å². The molecule has 1 rings (SSSR count). The smallest absolute Gasteiger partial charge is 0.170 e. The molecule has 0 aliphatic carbocycles. The van der Waals surface area contributed by atoms with Gasteiger partial charge in [0.15, 0.2) is 5.78 Å². The Morgan fingerprint density at radius 2 is 2.00 bits per heavy atom. The highest BCUT2D eigenvalue weighted by Gasteiger charge is 2.03. The second kappa shape index (κ2) is 2.60. The monoisotopic (exact) mass is 136 g/mol. The first-order chi connectivity index (χ1) is 4.72. The van der Waals surface area contributed by atoms with Crippen LogP contribution in [0, 0.1) is 12.7 Å². The lowest BCUT2D eigenvalue weighted by Gasteiger charge is -1.93. The van der Waals surface area contributed by atoms with E-state index in [0.717, 1.165) is 0 Å². The zero-order chi connectivity index (χ0) is 7.56. The van der Waals surface area contributed by atoms with Crippen molar-refractivity contribution in [2.75, 3.05) is 0 Å². The molecule has 2 heteroatoms. The van der Waals surface area contributed by atoms with Gasteiger partial charge < -0.3 is 0 Å².